The molecule has 0 spiro atoms. The topological polar surface area (TPSA) is 38.2 Å². The lowest BCUT2D eigenvalue weighted by molar-refractivity contribution is -0.0753. The first kappa shape index (κ1) is 12.6. The summed E-state index contributed by atoms with van der Waals surface area (Å²) in [5, 5.41) is 0. The van der Waals surface area contributed by atoms with E-state index in [1.807, 2.05) is 0 Å². The van der Waals surface area contributed by atoms with Gasteiger partial charge in [0.15, 0.2) is 0 Å². The Hall–Kier alpha value is -0.870. The molecule has 1 unspecified atom stereocenters. The summed E-state index contributed by atoms with van der Waals surface area (Å²) < 4.78 is 5.85. The summed E-state index contributed by atoms with van der Waals surface area (Å²) in [7, 11) is 0. The minimum Gasteiger partial charge on any atom is -0.369 e. The molecule has 1 aliphatic rings. The average Bonchev–Trinajstić information content (AvgIpc) is 2.26. The second-order valence-electron chi connectivity index (χ2n) is 5.09. The van der Waals surface area contributed by atoms with Gasteiger partial charge in [0.25, 0.3) is 0 Å². The highest BCUT2D eigenvalue weighted by Gasteiger charge is 2.32. The van der Waals surface area contributed by atoms with E-state index in [9.17, 15) is 0 Å². The molecule has 4 nitrogen and oxygen atoms in total. The second kappa shape index (κ2) is 4.78. The van der Waals surface area contributed by atoms with Crippen molar-refractivity contribution < 1.29 is 4.74 Å². The molecule has 1 saturated heterocycles. The molecule has 2 rings (SSSR count). The van der Waals surface area contributed by atoms with Gasteiger partial charge in [-0.2, -0.15) is 0 Å². The quantitative estimate of drug-likeness (QED) is 0.760. The highest BCUT2D eigenvalue weighted by molar-refractivity contribution is 6.17. The van der Waals surface area contributed by atoms with Crippen LogP contribution in [0.25, 0.3) is 0 Å². The molecule has 0 saturated carbocycles. The van der Waals surface area contributed by atoms with Crippen molar-refractivity contribution in [3.63, 3.8) is 0 Å². The van der Waals surface area contributed by atoms with Crippen molar-refractivity contribution in [2.24, 2.45) is 0 Å². The fourth-order valence-corrected chi connectivity index (χ4v) is 2.32. The molecular weight excluding hydrogens is 238 g/mol. The van der Waals surface area contributed by atoms with Crippen LogP contribution in [0.1, 0.15) is 26.3 Å². The third kappa shape index (κ3) is 3.07. The van der Waals surface area contributed by atoms with E-state index < -0.39 is 0 Å². The SMILES string of the molecule is CC1CN(c2ncc(CCl)cn2)CC(C)(C)O1. The Bertz CT molecular complexity index is 380. The number of aromatic nitrogens is 2. The maximum absolute atomic E-state index is 5.85. The van der Waals surface area contributed by atoms with Crippen molar-refractivity contribution in [3.8, 4) is 0 Å². The predicted octanol–water partition coefficient (Wildman–Crippen LogP) is 2.22. The molecule has 1 aromatic rings. The lowest BCUT2D eigenvalue weighted by Crippen LogP contribution is -2.52. The van der Waals surface area contributed by atoms with Crippen LogP contribution in [0.2, 0.25) is 0 Å². The monoisotopic (exact) mass is 255 g/mol. The highest BCUT2D eigenvalue weighted by atomic mass is 35.5. The maximum Gasteiger partial charge on any atom is 0.225 e. The Labute approximate surface area is 107 Å². The van der Waals surface area contributed by atoms with Crippen molar-refractivity contribution >= 4 is 17.5 Å². The zero-order valence-electron chi connectivity index (χ0n) is 10.5. The molecule has 0 aromatic carbocycles. The Morgan fingerprint density at radius 3 is 2.65 bits per heavy atom. The molecule has 5 heteroatoms. The van der Waals surface area contributed by atoms with Gasteiger partial charge in [0.05, 0.1) is 17.6 Å². The van der Waals surface area contributed by atoms with E-state index in [-0.39, 0.29) is 11.7 Å². The number of hydrogen-bond donors (Lipinski definition) is 0. The van der Waals surface area contributed by atoms with E-state index in [1.165, 1.54) is 0 Å². The zero-order valence-corrected chi connectivity index (χ0v) is 11.2. The lowest BCUT2D eigenvalue weighted by atomic mass is 10.1. The van der Waals surface area contributed by atoms with Gasteiger partial charge in [-0.05, 0) is 20.8 Å². The average molecular weight is 256 g/mol. The largest absolute Gasteiger partial charge is 0.369 e. The van der Waals surface area contributed by atoms with Crippen molar-refractivity contribution in [1.82, 2.24) is 9.97 Å². The van der Waals surface area contributed by atoms with E-state index >= 15 is 0 Å². The minimum absolute atomic E-state index is 0.161. The highest BCUT2D eigenvalue weighted by Crippen LogP contribution is 2.23. The molecular formula is C12H18ClN3O. The van der Waals surface area contributed by atoms with Gasteiger partial charge in [-0.15, -0.1) is 11.6 Å². The molecule has 2 heterocycles. The second-order valence-corrected chi connectivity index (χ2v) is 5.36. The van der Waals surface area contributed by atoms with E-state index in [0.29, 0.717) is 5.88 Å². The third-order valence-corrected chi connectivity index (χ3v) is 3.01. The van der Waals surface area contributed by atoms with Gasteiger partial charge in [-0.1, -0.05) is 0 Å². The number of halogens is 1. The molecule has 1 fully saturated rings. The van der Waals surface area contributed by atoms with Gasteiger partial charge < -0.3 is 9.64 Å². The van der Waals surface area contributed by atoms with Gasteiger partial charge in [-0.25, -0.2) is 9.97 Å². The Morgan fingerprint density at radius 1 is 1.47 bits per heavy atom. The fourth-order valence-electron chi connectivity index (χ4n) is 2.19. The van der Waals surface area contributed by atoms with Crippen molar-refractivity contribution in [2.75, 3.05) is 18.0 Å². The van der Waals surface area contributed by atoms with E-state index in [2.05, 4.69) is 35.6 Å². The minimum atomic E-state index is -0.161. The first-order chi connectivity index (χ1) is 8.00. The molecule has 0 N–H and O–H groups in total. The van der Waals surface area contributed by atoms with Crippen LogP contribution in [-0.2, 0) is 10.6 Å². The van der Waals surface area contributed by atoms with Crippen molar-refractivity contribution in [3.05, 3.63) is 18.0 Å². The molecule has 94 valence electrons. The normalized spacial score (nSPS) is 23.8. The zero-order chi connectivity index (χ0) is 12.5. The van der Waals surface area contributed by atoms with Gasteiger partial charge >= 0.3 is 0 Å². The summed E-state index contributed by atoms with van der Waals surface area (Å²) in [5.74, 6) is 1.20. The predicted molar refractivity (Wildman–Crippen MR) is 68.4 cm³/mol. The van der Waals surface area contributed by atoms with E-state index in [4.69, 9.17) is 16.3 Å². The Morgan fingerprint density at radius 2 is 2.12 bits per heavy atom. The molecule has 17 heavy (non-hydrogen) atoms. The molecule has 0 amide bonds. The number of rotatable bonds is 2. The van der Waals surface area contributed by atoms with Gasteiger partial charge in [-0.3, -0.25) is 0 Å². The van der Waals surface area contributed by atoms with Crippen LogP contribution in [0, 0.1) is 0 Å². The van der Waals surface area contributed by atoms with E-state index in [1.54, 1.807) is 12.4 Å². The summed E-state index contributed by atoms with van der Waals surface area (Å²) >= 11 is 5.72. The summed E-state index contributed by atoms with van der Waals surface area (Å²) in [6.07, 6.45) is 3.75. The van der Waals surface area contributed by atoms with Crippen molar-refractivity contribution in [2.45, 2.75) is 38.4 Å². The van der Waals surface area contributed by atoms with Crippen LogP contribution in [0.4, 0.5) is 5.95 Å². The summed E-state index contributed by atoms with van der Waals surface area (Å²) in [5.41, 5.74) is 0.780. The molecule has 0 bridgehead atoms. The van der Waals surface area contributed by atoms with Crippen LogP contribution in [0.3, 0.4) is 0 Å². The number of ether oxygens (including phenoxy) is 1. The van der Waals surface area contributed by atoms with Crippen LogP contribution in [-0.4, -0.2) is 34.8 Å². The maximum atomic E-state index is 5.85. The molecule has 0 radical (unpaired) electrons. The molecule has 0 aliphatic carbocycles. The molecule has 1 atom stereocenters. The molecule has 1 aromatic heterocycles. The number of morpholine rings is 1. The first-order valence-corrected chi connectivity index (χ1v) is 6.33. The smallest absolute Gasteiger partial charge is 0.225 e. The van der Waals surface area contributed by atoms with E-state index in [0.717, 1.165) is 24.6 Å². The number of hydrogen-bond acceptors (Lipinski definition) is 4. The van der Waals surface area contributed by atoms with Crippen LogP contribution < -0.4 is 4.90 Å². The standard InChI is InChI=1S/C12H18ClN3O/c1-9-7-16(8-12(2,3)17-9)11-14-5-10(4-13)6-15-11/h5-6,9H,4,7-8H2,1-3H3. The number of nitrogens with zero attached hydrogens (tertiary/aromatic N) is 3. The number of alkyl halides is 1. The lowest BCUT2D eigenvalue weighted by Gasteiger charge is -2.41. The van der Waals surface area contributed by atoms with Gasteiger partial charge in [0, 0.05) is 31.0 Å². The van der Waals surface area contributed by atoms with Crippen molar-refractivity contribution in [1.29, 1.82) is 0 Å². The molecule has 1 aliphatic heterocycles. The number of anilines is 1. The Balaban J connectivity index is 2.15. The van der Waals surface area contributed by atoms with Gasteiger partial charge in [0.1, 0.15) is 0 Å². The third-order valence-electron chi connectivity index (χ3n) is 2.70. The fraction of sp³-hybridized carbons (Fsp3) is 0.667. The van der Waals surface area contributed by atoms with Crippen LogP contribution in [0.15, 0.2) is 12.4 Å². The Kier molecular flexibility index (Phi) is 3.54. The summed E-state index contributed by atoms with van der Waals surface area (Å²) in [4.78, 5) is 10.9. The van der Waals surface area contributed by atoms with Crippen LogP contribution >= 0.6 is 11.6 Å². The summed E-state index contributed by atoms with van der Waals surface area (Å²) in [6, 6.07) is 0. The first-order valence-electron chi connectivity index (χ1n) is 5.80. The van der Waals surface area contributed by atoms with Gasteiger partial charge in [0.2, 0.25) is 5.95 Å². The summed E-state index contributed by atoms with van der Waals surface area (Å²) in [6.45, 7) is 7.87. The van der Waals surface area contributed by atoms with Crippen LogP contribution in [0.5, 0.6) is 0 Å².